The lowest BCUT2D eigenvalue weighted by Crippen LogP contribution is -2.49. The van der Waals surface area contributed by atoms with E-state index < -0.39 is 27.8 Å². The van der Waals surface area contributed by atoms with Crippen molar-refractivity contribution in [3.63, 3.8) is 0 Å². The first-order valence-corrected chi connectivity index (χ1v) is 9.60. The Labute approximate surface area is 146 Å². The first-order valence-electron chi connectivity index (χ1n) is 7.75. The molecule has 0 radical (unpaired) electrons. The Hall–Kier alpha value is -2.48. The van der Waals surface area contributed by atoms with Crippen LogP contribution in [0.4, 0.5) is 10.1 Å². The highest BCUT2D eigenvalue weighted by Gasteiger charge is 2.32. The fourth-order valence-corrected chi connectivity index (χ4v) is 3.69. The minimum absolute atomic E-state index is 0.143. The zero-order valence-corrected chi connectivity index (χ0v) is 14.8. The fraction of sp³-hybridized carbons (Fsp3) is 0.294. The number of hydrogen-bond donors (Lipinski definition) is 1. The van der Waals surface area contributed by atoms with Gasteiger partial charge in [-0.05, 0) is 36.2 Å². The first-order chi connectivity index (χ1) is 11.8. The number of hydrogen-bond acceptors (Lipinski definition) is 4. The molecule has 2 rings (SSSR count). The van der Waals surface area contributed by atoms with Crippen LogP contribution in [0, 0.1) is 5.82 Å². The van der Waals surface area contributed by atoms with Gasteiger partial charge in [-0.2, -0.15) is 0 Å². The molecule has 0 fully saturated rings. The van der Waals surface area contributed by atoms with Crippen LogP contribution in [0.15, 0.2) is 48.8 Å². The van der Waals surface area contributed by atoms with Gasteiger partial charge in [0.1, 0.15) is 11.9 Å². The van der Waals surface area contributed by atoms with Gasteiger partial charge in [-0.15, -0.1) is 0 Å². The van der Waals surface area contributed by atoms with Gasteiger partial charge in [0.2, 0.25) is 15.9 Å². The third-order valence-corrected chi connectivity index (χ3v) is 4.80. The SMILES string of the molecule is CC[C@H](C(=O)NCc1ccncc1)N(c1ccccc1F)S(C)(=O)=O. The van der Waals surface area contributed by atoms with Crippen molar-refractivity contribution in [1.82, 2.24) is 10.3 Å². The fourth-order valence-electron chi connectivity index (χ4n) is 2.47. The topological polar surface area (TPSA) is 79.4 Å². The Morgan fingerprint density at radius 3 is 2.44 bits per heavy atom. The summed E-state index contributed by atoms with van der Waals surface area (Å²) in [5.41, 5.74) is 0.686. The summed E-state index contributed by atoms with van der Waals surface area (Å²) in [6.07, 6.45) is 4.35. The summed E-state index contributed by atoms with van der Waals surface area (Å²) < 4.78 is 39.4. The normalized spacial score (nSPS) is 12.4. The molecule has 0 bridgehead atoms. The van der Waals surface area contributed by atoms with Gasteiger partial charge in [-0.25, -0.2) is 12.8 Å². The highest BCUT2D eigenvalue weighted by molar-refractivity contribution is 7.92. The van der Waals surface area contributed by atoms with Gasteiger partial charge in [-0.3, -0.25) is 14.1 Å². The van der Waals surface area contributed by atoms with E-state index >= 15 is 0 Å². The summed E-state index contributed by atoms with van der Waals surface area (Å²) in [4.78, 5) is 16.5. The monoisotopic (exact) mass is 365 g/mol. The van der Waals surface area contributed by atoms with Crippen LogP contribution in [-0.4, -0.2) is 31.6 Å². The second-order valence-corrected chi connectivity index (χ2v) is 7.37. The van der Waals surface area contributed by atoms with Crippen molar-refractivity contribution in [3.05, 3.63) is 60.2 Å². The van der Waals surface area contributed by atoms with Crippen molar-refractivity contribution in [1.29, 1.82) is 0 Å². The number of anilines is 1. The number of benzene rings is 1. The van der Waals surface area contributed by atoms with E-state index in [1.807, 2.05) is 0 Å². The quantitative estimate of drug-likeness (QED) is 0.815. The smallest absolute Gasteiger partial charge is 0.244 e. The molecule has 134 valence electrons. The second kappa shape index (κ2) is 8.06. The molecule has 1 heterocycles. The van der Waals surface area contributed by atoms with Gasteiger partial charge in [0.15, 0.2) is 0 Å². The number of carbonyl (C=O) groups excluding carboxylic acids is 1. The number of halogens is 1. The van der Waals surface area contributed by atoms with E-state index in [-0.39, 0.29) is 18.7 Å². The number of carbonyl (C=O) groups is 1. The Bertz CT molecular complexity index is 828. The van der Waals surface area contributed by atoms with E-state index in [1.165, 1.54) is 18.2 Å². The van der Waals surface area contributed by atoms with Gasteiger partial charge in [0.25, 0.3) is 0 Å². The number of pyridine rings is 1. The molecule has 0 spiro atoms. The van der Waals surface area contributed by atoms with Crippen molar-refractivity contribution in [3.8, 4) is 0 Å². The molecule has 0 aliphatic rings. The van der Waals surface area contributed by atoms with E-state index in [0.29, 0.717) is 0 Å². The lowest BCUT2D eigenvalue weighted by molar-refractivity contribution is -0.122. The summed E-state index contributed by atoms with van der Waals surface area (Å²) in [5.74, 6) is -1.19. The summed E-state index contributed by atoms with van der Waals surface area (Å²) in [7, 11) is -3.86. The third kappa shape index (κ3) is 4.76. The predicted molar refractivity (Wildman–Crippen MR) is 93.9 cm³/mol. The molecular formula is C17H20FN3O3S. The van der Waals surface area contributed by atoms with Crippen molar-refractivity contribution in [2.24, 2.45) is 0 Å². The molecule has 1 atom stereocenters. The second-order valence-electron chi connectivity index (χ2n) is 5.51. The van der Waals surface area contributed by atoms with E-state index in [2.05, 4.69) is 10.3 Å². The first kappa shape index (κ1) is 18.9. The average Bonchev–Trinajstić information content (AvgIpc) is 2.58. The number of para-hydroxylation sites is 1. The summed E-state index contributed by atoms with van der Waals surface area (Å²) >= 11 is 0. The molecule has 8 heteroatoms. The molecule has 6 nitrogen and oxygen atoms in total. The Morgan fingerprint density at radius 1 is 1.24 bits per heavy atom. The Morgan fingerprint density at radius 2 is 1.88 bits per heavy atom. The number of rotatable bonds is 7. The molecule has 0 aliphatic carbocycles. The van der Waals surface area contributed by atoms with Crippen LogP contribution in [0.5, 0.6) is 0 Å². The minimum Gasteiger partial charge on any atom is -0.350 e. The number of nitrogens with zero attached hydrogens (tertiary/aromatic N) is 2. The van der Waals surface area contributed by atoms with Gasteiger partial charge in [0.05, 0.1) is 11.9 Å². The number of sulfonamides is 1. The van der Waals surface area contributed by atoms with Gasteiger partial charge < -0.3 is 5.32 Å². The average molecular weight is 365 g/mol. The van der Waals surface area contributed by atoms with E-state index in [1.54, 1.807) is 31.5 Å². The molecule has 0 unspecified atom stereocenters. The molecule has 1 aromatic carbocycles. The largest absolute Gasteiger partial charge is 0.350 e. The molecule has 0 saturated carbocycles. The van der Waals surface area contributed by atoms with Crippen LogP contribution < -0.4 is 9.62 Å². The van der Waals surface area contributed by atoms with Crippen molar-refractivity contribution >= 4 is 21.6 Å². The summed E-state index contributed by atoms with van der Waals surface area (Å²) in [6.45, 7) is 1.91. The van der Waals surface area contributed by atoms with Crippen molar-refractivity contribution in [2.75, 3.05) is 10.6 Å². The molecule has 2 aromatic rings. The van der Waals surface area contributed by atoms with Crippen molar-refractivity contribution in [2.45, 2.75) is 25.9 Å². The van der Waals surface area contributed by atoms with Gasteiger partial charge in [0, 0.05) is 18.9 Å². The number of nitrogens with one attached hydrogen (secondary N) is 1. The third-order valence-electron chi connectivity index (χ3n) is 3.64. The molecule has 1 amide bonds. The van der Waals surface area contributed by atoms with Crippen molar-refractivity contribution < 1.29 is 17.6 Å². The van der Waals surface area contributed by atoms with Gasteiger partial charge >= 0.3 is 0 Å². The molecule has 1 N–H and O–H groups in total. The predicted octanol–water partition coefficient (Wildman–Crippen LogP) is 2.08. The summed E-state index contributed by atoms with van der Waals surface area (Å²) in [6, 6.07) is 7.93. The molecule has 25 heavy (non-hydrogen) atoms. The number of amides is 1. The van der Waals surface area contributed by atoms with Crippen LogP contribution >= 0.6 is 0 Å². The molecular weight excluding hydrogens is 345 g/mol. The lowest BCUT2D eigenvalue weighted by atomic mass is 10.1. The van der Waals surface area contributed by atoms with Crippen LogP contribution in [0.1, 0.15) is 18.9 Å². The van der Waals surface area contributed by atoms with Crippen LogP contribution in [0.25, 0.3) is 0 Å². The van der Waals surface area contributed by atoms with Gasteiger partial charge in [-0.1, -0.05) is 19.1 Å². The molecule has 0 saturated heterocycles. The maximum absolute atomic E-state index is 14.1. The standard InChI is InChI=1S/C17H20FN3O3S/c1-3-15(17(22)20-12-13-8-10-19-11-9-13)21(25(2,23)24)16-7-5-4-6-14(16)18/h4-11,15H,3,12H2,1-2H3,(H,20,22)/t15-/m1/s1. The van der Waals surface area contributed by atoms with Crippen LogP contribution in [-0.2, 0) is 21.4 Å². The maximum Gasteiger partial charge on any atom is 0.244 e. The maximum atomic E-state index is 14.1. The highest BCUT2D eigenvalue weighted by Crippen LogP contribution is 2.25. The van der Waals surface area contributed by atoms with E-state index in [9.17, 15) is 17.6 Å². The highest BCUT2D eigenvalue weighted by atomic mass is 32.2. The van der Waals surface area contributed by atoms with Crippen LogP contribution in [0.2, 0.25) is 0 Å². The zero-order valence-electron chi connectivity index (χ0n) is 14.0. The Kier molecular flexibility index (Phi) is 6.08. The van der Waals surface area contributed by atoms with E-state index in [0.717, 1.165) is 22.2 Å². The molecule has 1 aromatic heterocycles. The number of aromatic nitrogens is 1. The zero-order chi connectivity index (χ0) is 18.4. The molecule has 0 aliphatic heterocycles. The lowest BCUT2D eigenvalue weighted by Gasteiger charge is -2.30. The minimum atomic E-state index is -3.86. The van der Waals surface area contributed by atoms with E-state index in [4.69, 9.17) is 0 Å². The summed E-state index contributed by atoms with van der Waals surface area (Å²) in [5, 5.41) is 2.70. The van der Waals surface area contributed by atoms with Crippen LogP contribution in [0.3, 0.4) is 0 Å². The Balaban J connectivity index is 2.27.